The molecule has 1 aliphatic rings. The van der Waals surface area contributed by atoms with Gasteiger partial charge in [0.15, 0.2) is 5.11 Å². The number of hydrazine groups is 1. The standard InChI is InChI=1S/C7H11N5O2S/c1-2-8-7(15)12-11-6(14)4-3-5(13)10-9-4/h2-3H2,1H3,(H,10,13)(H,11,14)(H2,8,12,15). The van der Waals surface area contributed by atoms with Crippen LogP contribution in [0.3, 0.4) is 0 Å². The second-order valence-corrected chi connectivity index (χ2v) is 3.12. The smallest absolute Gasteiger partial charge is 0.286 e. The Morgan fingerprint density at radius 2 is 2.33 bits per heavy atom. The maximum Gasteiger partial charge on any atom is 0.286 e. The van der Waals surface area contributed by atoms with E-state index in [1.807, 2.05) is 6.92 Å². The van der Waals surface area contributed by atoms with E-state index in [1.54, 1.807) is 0 Å². The number of nitrogens with zero attached hydrogens (tertiary/aromatic N) is 1. The maximum atomic E-state index is 11.3. The van der Waals surface area contributed by atoms with E-state index in [4.69, 9.17) is 12.2 Å². The average Bonchev–Trinajstić information content (AvgIpc) is 2.62. The average molecular weight is 229 g/mol. The highest BCUT2D eigenvalue weighted by Crippen LogP contribution is 1.94. The fraction of sp³-hybridized carbons (Fsp3) is 0.429. The summed E-state index contributed by atoms with van der Waals surface area (Å²) < 4.78 is 0. The molecular formula is C7H11N5O2S. The largest absolute Gasteiger partial charge is 0.362 e. The Bertz CT molecular complexity index is 327. The Morgan fingerprint density at radius 3 is 2.87 bits per heavy atom. The summed E-state index contributed by atoms with van der Waals surface area (Å²) in [5, 5.41) is 6.63. The number of hydrogen-bond acceptors (Lipinski definition) is 4. The molecule has 4 N–H and O–H groups in total. The summed E-state index contributed by atoms with van der Waals surface area (Å²) in [5.41, 5.74) is 7.10. The van der Waals surface area contributed by atoms with E-state index in [-0.39, 0.29) is 18.0 Å². The highest BCUT2D eigenvalue weighted by molar-refractivity contribution is 7.80. The van der Waals surface area contributed by atoms with E-state index in [2.05, 4.69) is 26.7 Å². The van der Waals surface area contributed by atoms with Crippen molar-refractivity contribution in [3.8, 4) is 0 Å². The number of carbonyl (C=O) groups excluding carboxylic acids is 2. The van der Waals surface area contributed by atoms with E-state index in [1.165, 1.54) is 0 Å². The number of amides is 2. The minimum atomic E-state index is -0.478. The van der Waals surface area contributed by atoms with Gasteiger partial charge in [-0.15, -0.1) is 0 Å². The predicted molar refractivity (Wildman–Crippen MR) is 57.7 cm³/mol. The van der Waals surface area contributed by atoms with Crippen molar-refractivity contribution in [3.05, 3.63) is 0 Å². The third kappa shape index (κ3) is 3.50. The Labute approximate surface area is 91.6 Å². The normalized spacial score (nSPS) is 13.9. The summed E-state index contributed by atoms with van der Waals surface area (Å²) in [4.78, 5) is 22.0. The summed E-state index contributed by atoms with van der Waals surface area (Å²) in [6.45, 7) is 2.53. The van der Waals surface area contributed by atoms with Crippen molar-refractivity contribution in [1.29, 1.82) is 0 Å². The van der Waals surface area contributed by atoms with Gasteiger partial charge in [0.05, 0.1) is 6.42 Å². The van der Waals surface area contributed by atoms with Gasteiger partial charge >= 0.3 is 0 Å². The summed E-state index contributed by atoms with van der Waals surface area (Å²) in [6.07, 6.45) is -0.0124. The lowest BCUT2D eigenvalue weighted by Crippen LogP contribution is -2.48. The van der Waals surface area contributed by atoms with Crippen molar-refractivity contribution in [2.24, 2.45) is 5.10 Å². The third-order valence-corrected chi connectivity index (χ3v) is 1.78. The van der Waals surface area contributed by atoms with E-state index in [0.29, 0.717) is 11.7 Å². The van der Waals surface area contributed by atoms with E-state index in [0.717, 1.165) is 0 Å². The third-order valence-electron chi connectivity index (χ3n) is 1.53. The topological polar surface area (TPSA) is 94.6 Å². The minimum Gasteiger partial charge on any atom is -0.362 e. The fourth-order valence-corrected chi connectivity index (χ4v) is 1.08. The second-order valence-electron chi connectivity index (χ2n) is 2.71. The van der Waals surface area contributed by atoms with Gasteiger partial charge in [-0.2, -0.15) is 5.10 Å². The molecule has 0 radical (unpaired) electrons. The molecule has 0 aromatic rings. The van der Waals surface area contributed by atoms with Crippen molar-refractivity contribution >= 4 is 34.9 Å². The molecule has 0 saturated heterocycles. The van der Waals surface area contributed by atoms with Crippen LogP contribution in [0.5, 0.6) is 0 Å². The van der Waals surface area contributed by atoms with Gasteiger partial charge in [0.25, 0.3) is 5.91 Å². The minimum absolute atomic E-state index is 0.0124. The monoisotopic (exact) mass is 229 g/mol. The lowest BCUT2D eigenvalue weighted by Gasteiger charge is -2.08. The molecule has 82 valence electrons. The zero-order valence-corrected chi connectivity index (χ0v) is 8.90. The highest BCUT2D eigenvalue weighted by atomic mass is 32.1. The zero-order valence-electron chi connectivity index (χ0n) is 8.09. The molecule has 0 aromatic carbocycles. The first kappa shape index (κ1) is 11.4. The van der Waals surface area contributed by atoms with Crippen molar-refractivity contribution in [2.75, 3.05) is 6.54 Å². The van der Waals surface area contributed by atoms with Gasteiger partial charge < -0.3 is 5.32 Å². The van der Waals surface area contributed by atoms with Gasteiger partial charge in [0.1, 0.15) is 5.71 Å². The van der Waals surface area contributed by atoms with Gasteiger partial charge in [-0.1, -0.05) is 0 Å². The molecule has 0 aliphatic carbocycles. The predicted octanol–water partition coefficient (Wildman–Crippen LogP) is -1.62. The van der Waals surface area contributed by atoms with Crippen molar-refractivity contribution < 1.29 is 9.59 Å². The molecular weight excluding hydrogens is 218 g/mol. The molecule has 2 amide bonds. The lowest BCUT2D eigenvalue weighted by molar-refractivity contribution is -0.120. The Kier molecular flexibility index (Phi) is 3.98. The van der Waals surface area contributed by atoms with Gasteiger partial charge in [0.2, 0.25) is 5.91 Å². The number of hydrogen-bond donors (Lipinski definition) is 4. The van der Waals surface area contributed by atoms with Crippen LogP contribution in [0.15, 0.2) is 5.10 Å². The van der Waals surface area contributed by atoms with Gasteiger partial charge in [-0.05, 0) is 19.1 Å². The summed E-state index contributed by atoms with van der Waals surface area (Å²) in [5.74, 6) is -0.775. The lowest BCUT2D eigenvalue weighted by atomic mass is 10.3. The number of carbonyl (C=O) groups is 2. The molecule has 0 saturated carbocycles. The first-order valence-corrected chi connectivity index (χ1v) is 4.74. The molecule has 0 fully saturated rings. The Hall–Kier alpha value is -1.70. The number of hydrazone groups is 1. The number of rotatable bonds is 2. The molecule has 0 bridgehead atoms. The van der Waals surface area contributed by atoms with Crippen LogP contribution in [-0.4, -0.2) is 29.2 Å². The van der Waals surface area contributed by atoms with E-state index < -0.39 is 5.91 Å². The molecule has 0 spiro atoms. The second kappa shape index (κ2) is 5.25. The van der Waals surface area contributed by atoms with Crippen LogP contribution in [0.25, 0.3) is 0 Å². The Morgan fingerprint density at radius 1 is 1.60 bits per heavy atom. The van der Waals surface area contributed by atoms with E-state index in [9.17, 15) is 9.59 Å². The quantitative estimate of drug-likeness (QED) is 0.337. The molecule has 8 heteroatoms. The first-order valence-electron chi connectivity index (χ1n) is 4.33. The van der Waals surface area contributed by atoms with Crippen LogP contribution in [0.1, 0.15) is 13.3 Å². The Balaban J connectivity index is 2.31. The maximum absolute atomic E-state index is 11.3. The summed E-state index contributed by atoms with van der Waals surface area (Å²) in [6, 6.07) is 0. The molecule has 1 heterocycles. The van der Waals surface area contributed by atoms with Gasteiger partial charge in [0, 0.05) is 6.54 Å². The van der Waals surface area contributed by atoms with Crippen molar-refractivity contribution in [1.82, 2.24) is 21.6 Å². The van der Waals surface area contributed by atoms with Crippen LogP contribution < -0.4 is 21.6 Å². The molecule has 1 aliphatic heterocycles. The molecule has 0 atom stereocenters. The zero-order chi connectivity index (χ0) is 11.3. The van der Waals surface area contributed by atoms with Crippen LogP contribution in [0.2, 0.25) is 0 Å². The molecule has 1 rings (SSSR count). The van der Waals surface area contributed by atoms with Gasteiger partial charge in [-0.25, -0.2) is 5.43 Å². The summed E-state index contributed by atoms with van der Waals surface area (Å²) >= 11 is 4.81. The molecule has 0 unspecified atom stereocenters. The van der Waals surface area contributed by atoms with Crippen molar-refractivity contribution in [2.45, 2.75) is 13.3 Å². The first-order chi connectivity index (χ1) is 7.13. The molecule has 7 nitrogen and oxygen atoms in total. The van der Waals surface area contributed by atoms with E-state index >= 15 is 0 Å². The van der Waals surface area contributed by atoms with Crippen molar-refractivity contribution in [3.63, 3.8) is 0 Å². The molecule has 0 aromatic heterocycles. The number of nitrogens with one attached hydrogen (secondary N) is 4. The van der Waals surface area contributed by atoms with Gasteiger partial charge in [-0.3, -0.25) is 20.4 Å². The van der Waals surface area contributed by atoms with Crippen LogP contribution in [-0.2, 0) is 9.59 Å². The summed E-state index contributed by atoms with van der Waals surface area (Å²) in [7, 11) is 0. The highest BCUT2D eigenvalue weighted by Gasteiger charge is 2.21. The fourth-order valence-electron chi connectivity index (χ4n) is 0.882. The van der Waals surface area contributed by atoms with Crippen LogP contribution >= 0.6 is 12.2 Å². The van der Waals surface area contributed by atoms with Crippen LogP contribution in [0, 0.1) is 0 Å². The van der Waals surface area contributed by atoms with Crippen LogP contribution in [0.4, 0.5) is 0 Å². The number of thiocarbonyl (C=S) groups is 1. The SMILES string of the molecule is CCNC(=S)NNC(=O)C1=NNC(=O)C1. The molecule has 15 heavy (non-hydrogen) atoms.